The van der Waals surface area contributed by atoms with E-state index in [1.165, 1.54) is 0 Å². The van der Waals surface area contributed by atoms with Gasteiger partial charge in [-0.2, -0.15) is 0 Å². The molecule has 0 aliphatic heterocycles. The van der Waals surface area contributed by atoms with Gasteiger partial charge in [0.25, 0.3) is 5.91 Å². The topological polar surface area (TPSA) is 56.8 Å². The highest BCUT2D eigenvalue weighted by atomic mass is 16.5. The van der Waals surface area contributed by atoms with Gasteiger partial charge in [-0.1, -0.05) is 38.1 Å². The van der Waals surface area contributed by atoms with Crippen LogP contribution in [0.4, 0.5) is 0 Å². The van der Waals surface area contributed by atoms with Crippen molar-refractivity contribution in [1.29, 1.82) is 0 Å². The molecule has 0 bridgehead atoms. The van der Waals surface area contributed by atoms with E-state index < -0.39 is 6.10 Å². The number of ether oxygens (including phenoxy) is 3. The van der Waals surface area contributed by atoms with Gasteiger partial charge >= 0.3 is 0 Å². The second-order valence-electron chi connectivity index (χ2n) is 6.88. The molecule has 5 heteroatoms. The highest BCUT2D eigenvalue weighted by molar-refractivity contribution is 5.81. The maximum absolute atomic E-state index is 12.7. The van der Waals surface area contributed by atoms with Gasteiger partial charge in [0.1, 0.15) is 5.75 Å². The Kier molecular flexibility index (Phi) is 8.18. The molecular formula is C23H31NO4. The third kappa shape index (κ3) is 5.91. The summed E-state index contributed by atoms with van der Waals surface area (Å²) in [4.78, 5) is 12.7. The number of nitrogens with one attached hydrogen (secondary N) is 1. The van der Waals surface area contributed by atoms with E-state index in [9.17, 15) is 4.79 Å². The van der Waals surface area contributed by atoms with Gasteiger partial charge in [-0.3, -0.25) is 4.79 Å². The minimum Gasteiger partial charge on any atom is -0.490 e. The summed E-state index contributed by atoms with van der Waals surface area (Å²) in [5.41, 5.74) is 0.974. The molecule has 2 rings (SSSR count). The van der Waals surface area contributed by atoms with Crippen molar-refractivity contribution in [3.63, 3.8) is 0 Å². The summed E-state index contributed by atoms with van der Waals surface area (Å²) in [5, 5.41) is 3.11. The predicted molar refractivity (Wildman–Crippen MR) is 111 cm³/mol. The number of carbonyl (C=O) groups is 1. The van der Waals surface area contributed by atoms with Crippen LogP contribution in [-0.2, 0) is 4.79 Å². The van der Waals surface area contributed by atoms with Gasteiger partial charge in [-0.05, 0) is 56.5 Å². The SMILES string of the molecule is CCOc1ccc(C(NC(=O)C(C)Oc2ccccc2)C(C)C)cc1OCC. The smallest absolute Gasteiger partial charge is 0.261 e. The lowest BCUT2D eigenvalue weighted by molar-refractivity contribution is -0.128. The van der Waals surface area contributed by atoms with Gasteiger partial charge in [0.2, 0.25) is 0 Å². The number of para-hydroxylation sites is 1. The molecule has 2 unspecified atom stereocenters. The number of amides is 1. The molecule has 152 valence electrons. The number of rotatable bonds is 10. The van der Waals surface area contributed by atoms with Gasteiger partial charge in [0, 0.05) is 0 Å². The lowest BCUT2D eigenvalue weighted by atomic mass is 9.95. The van der Waals surface area contributed by atoms with Crippen molar-refractivity contribution in [3.8, 4) is 17.2 Å². The fraction of sp³-hybridized carbons (Fsp3) is 0.435. The first kappa shape index (κ1) is 21.6. The number of carbonyl (C=O) groups excluding carboxylic acids is 1. The van der Waals surface area contributed by atoms with Crippen molar-refractivity contribution in [2.45, 2.75) is 46.8 Å². The fourth-order valence-corrected chi connectivity index (χ4v) is 2.92. The first-order chi connectivity index (χ1) is 13.5. The van der Waals surface area contributed by atoms with E-state index in [1.807, 2.05) is 62.4 Å². The van der Waals surface area contributed by atoms with Gasteiger partial charge in [-0.15, -0.1) is 0 Å². The Bertz CT molecular complexity index is 746. The lowest BCUT2D eigenvalue weighted by Crippen LogP contribution is -2.40. The summed E-state index contributed by atoms with van der Waals surface area (Å²) in [5.74, 6) is 2.11. The van der Waals surface area contributed by atoms with E-state index in [2.05, 4.69) is 19.2 Å². The van der Waals surface area contributed by atoms with E-state index in [1.54, 1.807) is 6.92 Å². The summed E-state index contributed by atoms with van der Waals surface area (Å²) in [6.45, 7) is 10.9. The van der Waals surface area contributed by atoms with Gasteiger partial charge < -0.3 is 19.5 Å². The summed E-state index contributed by atoms with van der Waals surface area (Å²) in [7, 11) is 0. The zero-order chi connectivity index (χ0) is 20.5. The molecule has 0 aliphatic carbocycles. The van der Waals surface area contributed by atoms with Crippen LogP contribution in [0.5, 0.6) is 17.2 Å². The van der Waals surface area contributed by atoms with Gasteiger partial charge in [-0.25, -0.2) is 0 Å². The monoisotopic (exact) mass is 385 g/mol. The predicted octanol–water partition coefficient (Wildman–Crippen LogP) is 4.76. The molecule has 2 aromatic carbocycles. The second kappa shape index (κ2) is 10.6. The van der Waals surface area contributed by atoms with Crippen molar-refractivity contribution in [2.24, 2.45) is 5.92 Å². The lowest BCUT2D eigenvalue weighted by Gasteiger charge is -2.26. The standard InChI is InChI=1S/C23H31NO4/c1-6-26-20-14-13-18(15-21(20)27-7-2)22(16(3)4)24-23(25)17(5)28-19-11-9-8-10-12-19/h8-17,22H,6-7H2,1-5H3,(H,24,25). The molecule has 2 atom stereocenters. The van der Waals surface area contributed by atoms with Crippen molar-refractivity contribution in [3.05, 3.63) is 54.1 Å². The molecular weight excluding hydrogens is 354 g/mol. The second-order valence-corrected chi connectivity index (χ2v) is 6.88. The molecule has 0 saturated heterocycles. The molecule has 0 spiro atoms. The molecule has 1 amide bonds. The van der Waals surface area contributed by atoms with Crippen LogP contribution in [0, 0.1) is 5.92 Å². The average molecular weight is 386 g/mol. The maximum atomic E-state index is 12.7. The quantitative estimate of drug-likeness (QED) is 0.640. The van der Waals surface area contributed by atoms with Crippen LogP contribution in [0.25, 0.3) is 0 Å². The zero-order valence-electron chi connectivity index (χ0n) is 17.4. The van der Waals surface area contributed by atoms with Crippen LogP contribution in [0.3, 0.4) is 0 Å². The highest BCUT2D eigenvalue weighted by Crippen LogP contribution is 2.33. The Balaban J connectivity index is 2.16. The first-order valence-electron chi connectivity index (χ1n) is 9.87. The summed E-state index contributed by atoms with van der Waals surface area (Å²) in [6, 6.07) is 15.0. The molecule has 0 heterocycles. The van der Waals surface area contributed by atoms with Crippen LogP contribution >= 0.6 is 0 Å². The summed E-state index contributed by atoms with van der Waals surface area (Å²) in [6.07, 6.45) is -0.599. The number of hydrogen-bond acceptors (Lipinski definition) is 4. The Morgan fingerprint density at radius 3 is 2.18 bits per heavy atom. The average Bonchev–Trinajstić information content (AvgIpc) is 2.68. The Morgan fingerprint density at radius 1 is 0.929 bits per heavy atom. The summed E-state index contributed by atoms with van der Waals surface area (Å²) >= 11 is 0. The highest BCUT2D eigenvalue weighted by Gasteiger charge is 2.24. The Morgan fingerprint density at radius 2 is 1.57 bits per heavy atom. The van der Waals surface area contributed by atoms with Crippen LogP contribution in [0.15, 0.2) is 48.5 Å². The van der Waals surface area contributed by atoms with Crippen LogP contribution in [0.1, 0.15) is 46.2 Å². The van der Waals surface area contributed by atoms with Crippen LogP contribution < -0.4 is 19.5 Å². The Hall–Kier alpha value is -2.69. The molecule has 0 radical (unpaired) electrons. The van der Waals surface area contributed by atoms with E-state index in [0.29, 0.717) is 30.5 Å². The van der Waals surface area contributed by atoms with Gasteiger partial charge in [0.05, 0.1) is 19.3 Å². The minimum absolute atomic E-state index is 0.158. The zero-order valence-corrected chi connectivity index (χ0v) is 17.4. The normalized spacial score (nSPS) is 12.9. The Labute approximate surface area is 168 Å². The van der Waals surface area contributed by atoms with Crippen molar-refractivity contribution >= 4 is 5.91 Å². The summed E-state index contributed by atoms with van der Waals surface area (Å²) < 4.78 is 17.1. The molecule has 2 aromatic rings. The molecule has 0 saturated carbocycles. The largest absolute Gasteiger partial charge is 0.490 e. The van der Waals surface area contributed by atoms with Gasteiger partial charge in [0.15, 0.2) is 17.6 Å². The molecule has 0 fully saturated rings. The first-order valence-corrected chi connectivity index (χ1v) is 9.87. The van der Waals surface area contributed by atoms with Crippen LogP contribution in [-0.4, -0.2) is 25.2 Å². The van der Waals surface area contributed by atoms with E-state index in [-0.39, 0.29) is 17.9 Å². The van der Waals surface area contributed by atoms with Crippen molar-refractivity contribution in [2.75, 3.05) is 13.2 Å². The third-order valence-electron chi connectivity index (χ3n) is 4.32. The van der Waals surface area contributed by atoms with Crippen molar-refractivity contribution in [1.82, 2.24) is 5.32 Å². The molecule has 5 nitrogen and oxygen atoms in total. The molecule has 0 aromatic heterocycles. The maximum Gasteiger partial charge on any atom is 0.261 e. The molecule has 0 aliphatic rings. The minimum atomic E-state index is -0.599. The molecule has 28 heavy (non-hydrogen) atoms. The number of benzene rings is 2. The fourth-order valence-electron chi connectivity index (χ4n) is 2.92. The van der Waals surface area contributed by atoms with Crippen molar-refractivity contribution < 1.29 is 19.0 Å². The molecule has 1 N–H and O–H groups in total. The third-order valence-corrected chi connectivity index (χ3v) is 4.32. The van der Waals surface area contributed by atoms with E-state index >= 15 is 0 Å². The number of hydrogen-bond donors (Lipinski definition) is 1. The van der Waals surface area contributed by atoms with E-state index in [4.69, 9.17) is 14.2 Å². The van der Waals surface area contributed by atoms with E-state index in [0.717, 1.165) is 5.56 Å². The van der Waals surface area contributed by atoms with Crippen LogP contribution in [0.2, 0.25) is 0 Å².